The number of nitrogens with two attached hydrogens (primary N) is 1. The number of methoxy groups -OCH3 is 1. The predicted octanol–water partition coefficient (Wildman–Crippen LogP) is 2.50. The van der Waals surface area contributed by atoms with Gasteiger partial charge in [-0.3, -0.25) is 0 Å². The average Bonchev–Trinajstić information content (AvgIpc) is 2.65. The maximum Gasteiger partial charge on any atom is 0.292 e. The number of benzene rings is 1. The molecule has 5 heteroatoms. The van der Waals surface area contributed by atoms with Crippen LogP contribution in [0.5, 0.6) is 5.75 Å². The molecule has 0 spiro atoms. The molecule has 2 aromatic rings. The van der Waals surface area contributed by atoms with E-state index in [4.69, 9.17) is 14.9 Å². The molecule has 0 saturated heterocycles. The van der Waals surface area contributed by atoms with E-state index in [1.165, 1.54) is 13.2 Å². The van der Waals surface area contributed by atoms with Crippen molar-refractivity contribution >= 4 is 6.01 Å². The monoisotopic (exact) mass is 250 g/mol. The van der Waals surface area contributed by atoms with Crippen molar-refractivity contribution < 1.29 is 13.5 Å². The summed E-state index contributed by atoms with van der Waals surface area (Å²) >= 11 is 0. The maximum atomic E-state index is 13.5. The summed E-state index contributed by atoms with van der Waals surface area (Å²) in [7, 11) is 1.44. The van der Waals surface area contributed by atoms with Gasteiger partial charge in [0.05, 0.1) is 12.8 Å². The molecular weight excluding hydrogens is 235 g/mol. The summed E-state index contributed by atoms with van der Waals surface area (Å²) in [6, 6.07) is 5.09. The van der Waals surface area contributed by atoms with E-state index in [9.17, 15) is 4.39 Å². The van der Waals surface area contributed by atoms with Crippen LogP contribution in [0.1, 0.15) is 17.0 Å². The SMILES string of the molecule is COc1ccc(CCc2nc(N)oc2C)cc1F. The molecule has 0 bridgehead atoms. The lowest BCUT2D eigenvalue weighted by atomic mass is 10.1. The van der Waals surface area contributed by atoms with Crippen LogP contribution in [0.3, 0.4) is 0 Å². The minimum absolute atomic E-state index is 0.170. The molecule has 2 N–H and O–H groups in total. The van der Waals surface area contributed by atoms with E-state index in [1.54, 1.807) is 6.07 Å². The number of rotatable bonds is 4. The second kappa shape index (κ2) is 5.08. The quantitative estimate of drug-likeness (QED) is 0.905. The Labute approximate surface area is 105 Å². The van der Waals surface area contributed by atoms with Gasteiger partial charge in [-0.05, 0) is 37.5 Å². The van der Waals surface area contributed by atoms with E-state index < -0.39 is 0 Å². The number of aryl methyl sites for hydroxylation is 3. The Bertz CT molecular complexity index is 552. The predicted molar refractivity (Wildman–Crippen MR) is 66.0 cm³/mol. The molecule has 96 valence electrons. The van der Waals surface area contributed by atoms with Crippen LogP contribution in [-0.2, 0) is 12.8 Å². The number of nitrogen functional groups attached to an aromatic ring is 1. The van der Waals surface area contributed by atoms with Crippen LogP contribution in [0.4, 0.5) is 10.4 Å². The van der Waals surface area contributed by atoms with Crippen LogP contribution >= 0.6 is 0 Å². The summed E-state index contributed by atoms with van der Waals surface area (Å²) in [4.78, 5) is 4.07. The Balaban J connectivity index is 2.06. The van der Waals surface area contributed by atoms with Crippen LogP contribution in [0.2, 0.25) is 0 Å². The molecule has 0 atom stereocenters. The first-order valence-electron chi connectivity index (χ1n) is 5.64. The molecule has 0 aliphatic rings. The van der Waals surface area contributed by atoms with Gasteiger partial charge in [-0.2, -0.15) is 4.98 Å². The van der Waals surface area contributed by atoms with E-state index in [0.717, 1.165) is 11.3 Å². The van der Waals surface area contributed by atoms with Gasteiger partial charge < -0.3 is 14.9 Å². The Morgan fingerprint density at radius 3 is 2.72 bits per heavy atom. The van der Waals surface area contributed by atoms with Crippen LogP contribution < -0.4 is 10.5 Å². The first kappa shape index (κ1) is 12.4. The second-order valence-corrected chi connectivity index (χ2v) is 4.02. The topological polar surface area (TPSA) is 61.3 Å². The lowest BCUT2D eigenvalue weighted by Gasteiger charge is -2.04. The van der Waals surface area contributed by atoms with Gasteiger partial charge in [-0.15, -0.1) is 0 Å². The van der Waals surface area contributed by atoms with Crippen molar-refractivity contribution in [3.05, 3.63) is 41.0 Å². The lowest BCUT2D eigenvalue weighted by molar-refractivity contribution is 0.386. The summed E-state index contributed by atoms with van der Waals surface area (Å²) in [5.41, 5.74) is 7.15. The van der Waals surface area contributed by atoms with Crippen molar-refractivity contribution in [3.8, 4) is 5.75 Å². The van der Waals surface area contributed by atoms with Gasteiger partial charge in [0.1, 0.15) is 5.76 Å². The average molecular weight is 250 g/mol. The third-order valence-electron chi connectivity index (χ3n) is 2.78. The smallest absolute Gasteiger partial charge is 0.292 e. The number of hydrogen-bond acceptors (Lipinski definition) is 4. The van der Waals surface area contributed by atoms with Gasteiger partial charge >= 0.3 is 0 Å². The molecule has 0 aliphatic heterocycles. The van der Waals surface area contributed by atoms with Crippen LogP contribution in [0.15, 0.2) is 22.6 Å². The minimum atomic E-state index is -0.355. The number of oxazole rings is 1. The lowest BCUT2D eigenvalue weighted by Crippen LogP contribution is -1.96. The Morgan fingerprint density at radius 2 is 2.17 bits per heavy atom. The molecule has 1 heterocycles. The first-order chi connectivity index (χ1) is 8.60. The fraction of sp³-hybridized carbons (Fsp3) is 0.308. The summed E-state index contributed by atoms with van der Waals surface area (Å²) in [5, 5.41) is 0. The highest BCUT2D eigenvalue weighted by Crippen LogP contribution is 2.19. The molecule has 0 unspecified atom stereocenters. The third-order valence-corrected chi connectivity index (χ3v) is 2.78. The fourth-order valence-electron chi connectivity index (χ4n) is 1.81. The van der Waals surface area contributed by atoms with Crippen molar-refractivity contribution in [2.24, 2.45) is 0 Å². The molecule has 0 aliphatic carbocycles. The molecule has 0 fully saturated rings. The van der Waals surface area contributed by atoms with Gasteiger partial charge in [-0.25, -0.2) is 4.39 Å². The molecular formula is C13H15FN2O2. The molecule has 0 amide bonds. The molecule has 0 radical (unpaired) electrons. The molecule has 4 nitrogen and oxygen atoms in total. The van der Waals surface area contributed by atoms with Crippen molar-refractivity contribution in [1.29, 1.82) is 0 Å². The van der Waals surface area contributed by atoms with E-state index in [2.05, 4.69) is 4.98 Å². The van der Waals surface area contributed by atoms with Crippen molar-refractivity contribution in [1.82, 2.24) is 4.98 Å². The molecule has 1 aromatic heterocycles. The van der Waals surface area contributed by atoms with Crippen LogP contribution in [-0.4, -0.2) is 12.1 Å². The van der Waals surface area contributed by atoms with Gasteiger partial charge in [0.2, 0.25) is 0 Å². The minimum Gasteiger partial charge on any atom is -0.494 e. The van der Waals surface area contributed by atoms with Gasteiger partial charge in [0.15, 0.2) is 11.6 Å². The van der Waals surface area contributed by atoms with Crippen LogP contribution in [0.25, 0.3) is 0 Å². The molecule has 0 saturated carbocycles. The van der Waals surface area contributed by atoms with Crippen LogP contribution in [0, 0.1) is 12.7 Å². The number of hydrogen-bond donors (Lipinski definition) is 1. The zero-order chi connectivity index (χ0) is 13.1. The fourth-order valence-corrected chi connectivity index (χ4v) is 1.81. The zero-order valence-electron chi connectivity index (χ0n) is 10.4. The largest absolute Gasteiger partial charge is 0.494 e. The van der Waals surface area contributed by atoms with Gasteiger partial charge in [0, 0.05) is 0 Å². The highest BCUT2D eigenvalue weighted by Gasteiger charge is 2.08. The zero-order valence-corrected chi connectivity index (χ0v) is 10.4. The number of ether oxygens (including phenoxy) is 1. The maximum absolute atomic E-state index is 13.5. The number of aromatic nitrogens is 1. The summed E-state index contributed by atoms with van der Waals surface area (Å²) in [5.74, 6) is 0.605. The highest BCUT2D eigenvalue weighted by molar-refractivity contribution is 5.30. The molecule has 2 rings (SSSR count). The summed E-state index contributed by atoms with van der Waals surface area (Å²) < 4.78 is 23.5. The van der Waals surface area contributed by atoms with E-state index >= 15 is 0 Å². The summed E-state index contributed by atoms with van der Waals surface area (Å²) in [6.07, 6.45) is 1.34. The van der Waals surface area contributed by atoms with E-state index in [0.29, 0.717) is 18.6 Å². The van der Waals surface area contributed by atoms with Crippen molar-refractivity contribution in [2.45, 2.75) is 19.8 Å². The third kappa shape index (κ3) is 2.61. The highest BCUT2D eigenvalue weighted by atomic mass is 19.1. The van der Waals surface area contributed by atoms with E-state index in [-0.39, 0.29) is 17.6 Å². The second-order valence-electron chi connectivity index (χ2n) is 4.02. The Hall–Kier alpha value is -2.04. The Morgan fingerprint density at radius 1 is 1.39 bits per heavy atom. The van der Waals surface area contributed by atoms with Crippen molar-refractivity contribution in [2.75, 3.05) is 12.8 Å². The number of halogens is 1. The number of anilines is 1. The Kier molecular flexibility index (Phi) is 3.50. The molecule has 1 aromatic carbocycles. The number of nitrogens with zero attached hydrogens (tertiary/aromatic N) is 1. The van der Waals surface area contributed by atoms with Crippen molar-refractivity contribution in [3.63, 3.8) is 0 Å². The van der Waals surface area contributed by atoms with E-state index in [1.807, 2.05) is 13.0 Å². The van der Waals surface area contributed by atoms with Gasteiger partial charge in [-0.1, -0.05) is 6.07 Å². The molecule has 18 heavy (non-hydrogen) atoms. The first-order valence-corrected chi connectivity index (χ1v) is 5.64. The standard InChI is InChI=1S/C13H15FN2O2/c1-8-11(16-13(15)18-8)5-3-9-4-6-12(17-2)10(14)7-9/h4,6-7H,3,5H2,1-2H3,(H2,15,16). The summed E-state index contributed by atoms with van der Waals surface area (Å²) in [6.45, 7) is 1.81. The normalized spacial score (nSPS) is 10.6. The van der Waals surface area contributed by atoms with Gasteiger partial charge in [0.25, 0.3) is 6.01 Å².